The highest BCUT2D eigenvalue weighted by Gasteiger charge is 2.22. The number of esters is 1. The number of aromatic nitrogens is 1. The second kappa shape index (κ2) is 7.45. The van der Waals surface area contributed by atoms with Gasteiger partial charge < -0.3 is 10.5 Å². The quantitative estimate of drug-likeness (QED) is 0.786. The van der Waals surface area contributed by atoms with Crippen molar-refractivity contribution in [3.63, 3.8) is 0 Å². The van der Waals surface area contributed by atoms with Crippen molar-refractivity contribution in [3.8, 4) is 11.3 Å². The molecule has 2 N–H and O–H groups in total. The van der Waals surface area contributed by atoms with E-state index in [-0.39, 0.29) is 22.6 Å². The molecule has 2 aromatic rings. The van der Waals surface area contributed by atoms with Crippen LogP contribution in [-0.4, -0.2) is 36.8 Å². The number of carbonyl (C=O) groups is 1. The first-order valence-corrected chi connectivity index (χ1v) is 10.6. The number of nitrogens with zero attached hydrogens (tertiary/aromatic N) is 1. The molecule has 1 aromatic carbocycles. The SMILES string of the molecule is COC(=O)c1nc(-c2ccc(Cl)cc2)c(F)c(N)c1/C=C/S(C)(C)C. The summed E-state index contributed by atoms with van der Waals surface area (Å²) < 4.78 is 19.6. The lowest BCUT2D eigenvalue weighted by Crippen LogP contribution is -2.12. The molecule has 0 aliphatic rings. The van der Waals surface area contributed by atoms with Crippen LogP contribution in [0.5, 0.6) is 0 Å². The molecule has 134 valence electrons. The van der Waals surface area contributed by atoms with E-state index in [1.54, 1.807) is 30.3 Å². The first kappa shape index (κ1) is 19.3. The lowest BCUT2D eigenvalue weighted by molar-refractivity contribution is 0.0594. The Bertz CT molecular complexity index is 830. The van der Waals surface area contributed by atoms with Gasteiger partial charge in [-0.05, 0) is 42.4 Å². The van der Waals surface area contributed by atoms with E-state index in [1.165, 1.54) is 7.11 Å². The molecule has 1 heterocycles. The van der Waals surface area contributed by atoms with E-state index in [4.69, 9.17) is 22.1 Å². The first-order chi connectivity index (χ1) is 11.6. The number of nitrogens with two attached hydrogens (primary N) is 1. The lowest BCUT2D eigenvalue weighted by Gasteiger charge is -2.20. The predicted octanol–water partition coefficient (Wildman–Crippen LogP) is 4.57. The second-order valence-electron chi connectivity index (χ2n) is 6.18. The van der Waals surface area contributed by atoms with Crippen LogP contribution in [0, 0.1) is 5.82 Å². The van der Waals surface area contributed by atoms with Crippen LogP contribution in [-0.2, 0) is 4.74 Å². The largest absolute Gasteiger partial charge is 0.464 e. The number of nitrogen functional groups attached to an aromatic ring is 1. The van der Waals surface area contributed by atoms with E-state index in [1.807, 2.05) is 5.41 Å². The maximum absolute atomic E-state index is 14.8. The zero-order chi connectivity index (χ0) is 18.8. The zero-order valence-corrected chi connectivity index (χ0v) is 16.0. The van der Waals surface area contributed by atoms with Crippen molar-refractivity contribution < 1.29 is 13.9 Å². The fourth-order valence-corrected chi connectivity index (χ4v) is 2.76. The maximum Gasteiger partial charge on any atom is 0.357 e. The first-order valence-electron chi connectivity index (χ1n) is 7.33. The summed E-state index contributed by atoms with van der Waals surface area (Å²) in [5, 5.41) is 2.42. The molecule has 4 nitrogen and oxygen atoms in total. The summed E-state index contributed by atoms with van der Waals surface area (Å²) in [6.07, 6.45) is 7.81. The third-order valence-corrected chi connectivity index (χ3v) is 4.56. The standard InChI is InChI=1S/C18H20ClFN2O2S/c1-24-18(23)17-13(9-10-25(2,3)4)15(21)14(20)16(22-17)11-5-7-12(19)8-6-11/h5-10H,1-4H3,(H2,21,22)/b10-9+. The highest BCUT2D eigenvalue weighted by atomic mass is 35.5. The number of pyridine rings is 1. The molecule has 0 bridgehead atoms. The van der Waals surface area contributed by atoms with Gasteiger partial charge in [-0.2, -0.15) is 0 Å². The predicted molar refractivity (Wildman–Crippen MR) is 105 cm³/mol. The maximum atomic E-state index is 14.8. The van der Waals surface area contributed by atoms with Gasteiger partial charge in [0.25, 0.3) is 0 Å². The minimum absolute atomic E-state index is 0.0187. The van der Waals surface area contributed by atoms with Crippen LogP contribution in [0.25, 0.3) is 17.3 Å². The number of ether oxygens (including phenoxy) is 1. The van der Waals surface area contributed by atoms with Crippen LogP contribution < -0.4 is 5.73 Å². The summed E-state index contributed by atoms with van der Waals surface area (Å²) in [5.41, 5.74) is 6.50. The lowest BCUT2D eigenvalue weighted by atomic mass is 10.1. The molecular formula is C18H20ClFN2O2S. The summed E-state index contributed by atoms with van der Waals surface area (Å²) in [6, 6.07) is 6.46. The molecule has 0 atom stereocenters. The summed E-state index contributed by atoms with van der Waals surface area (Å²) in [6.45, 7) is 0. The topological polar surface area (TPSA) is 65.2 Å². The number of hydrogen-bond acceptors (Lipinski definition) is 4. The van der Waals surface area contributed by atoms with E-state index in [9.17, 15) is 9.18 Å². The summed E-state index contributed by atoms with van der Waals surface area (Å²) in [5.74, 6) is -1.36. The molecule has 0 unspecified atom stereocenters. The van der Waals surface area contributed by atoms with E-state index in [0.717, 1.165) is 0 Å². The number of methoxy groups -OCH3 is 1. The molecule has 0 aliphatic heterocycles. The van der Waals surface area contributed by atoms with Crippen LogP contribution in [0.1, 0.15) is 16.1 Å². The van der Waals surface area contributed by atoms with E-state index < -0.39 is 21.8 Å². The average Bonchev–Trinajstić information content (AvgIpc) is 2.55. The van der Waals surface area contributed by atoms with Gasteiger partial charge in [0.05, 0.1) is 12.8 Å². The zero-order valence-electron chi connectivity index (χ0n) is 14.5. The Balaban J connectivity index is 2.70. The molecule has 0 fully saturated rings. The molecule has 0 saturated carbocycles. The van der Waals surface area contributed by atoms with Gasteiger partial charge in [-0.3, -0.25) is 0 Å². The molecule has 0 amide bonds. The molecule has 0 aliphatic carbocycles. The molecule has 0 spiro atoms. The Morgan fingerprint density at radius 2 is 1.88 bits per heavy atom. The van der Waals surface area contributed by atoms with Crippen molar-refractivity contribution in [2.24, 2.45) is 0 Å². The van der Waals surface area contributed by atoms with Crippen molar-refractivity contribution in [3.05, 3.63) is 51.8 Å². The van der Waals surface area contributed by atoms with Crippen molar-refractivity contribution in [2.75, 3.05) is 31.6 Å². The number of anilines is 1. The summed E-state index contributed by atoms with van der Waals surface area (Å²) >= 11 is 5.86. The van der Waals surface area contributed by atoms with Gasteiger partial charge in [0, 0.05) is 16.1 Å². The third-order valence-electron chi connectivity index (χ3n) is 3.35. The molecule has 25 heavy (non-hydrogen) atoms. The molecule has 0 radical (unpaired) electrons. The van der Waals surface area contributed by atoms with Gasteiger partial charge in [0.1, 0.15) is 5.69 Å². The highest BCUT2D eigenvalue weighted by molar-refractivity contribution is 8.34. The van der Waals surface area contributed by atoms with Gasteiger partial charge in [0.15, 0.2) is 11.5 Å². The second-order valence-corrected chi connectivity index (χ2v) is 10.8. The van der Waals surface area contributed by atoms with Crippen molar-refractivity contribution in [2.45, 2.75) is 0 Å². The van der Waals surface area contributed by atoms with Crippen molar-refractivity contribution in [1.82, 2.24) is 4.98 Å². The van der Waals surface area contributed by atoms with Crippen molar-refractivity contribution in [1.29, 1.82) is 0 Å². The number of rotatable bonds is 4. The fourth-order valence-electron chi connectivity index (χ4n) is 2.09. The van der Waals surface area contributed by atoms with Gasteiger partial charge in [-0.15, -0.1) is 0 Å². The number of benzene rings is 1. The minimum Gasteiger partial charge on any atom is -0.464 e. The van der Waals surface area contributed by atoms with Crippen LogP contribution in [0.3, 0.4) is 0 Å². The van der Waals surface area contributed by atoms with Crippen LogP contribution in [0.15, 0.2) is 29.7 Å². The van der Waals surface area contributed by atoms with Gasteiger partial charge in [0.2, 0.25) is 0 Å². The molecule has 7 heteroatoms. The monoisotopic (exact) mass is 382 g/mol. The minimum atomic E-state index is -1.02. The van der Waals surface area contributed by atoms with Crippen LogP contribution in [0.4, 0.5) is 10.1 Å². The molecular weight excluding hydrogens is 363 g/mol. The highest BCUT2D eigenvalue weighted by Crippen LogP contribution is 2.38. The third kappa shape index (κ3) is 4.52. The Morgan fingerprint density at radius 3 is 2.40 bits per heavy atom. The Kier molecular flexibility index (Phi) is 5.75. The van der Waals surface area contributed by atoms with Gasteiger partial charge in [-0.1, -0.05) is 23.7 Å². The van der Waals surface area contributed by atoms with Crippen LogP contribution >= 0.6 is 21.6 Å². The normalized spacial score (nSPS) is 12.4. The van der Waals surface area contributed by atoms with Crippen LogP contribution in [0.2, 0.25) is 5.02 Å². The van der Waals surface area contributed by atoms with Crippen molar-refractivity contribution >= 4 is 39.4 Å². The number of halogens is 2. The fraction of sp³-hybridized carbons (Fsp3) is 0.222. The summed E-state index contributed by atoms with van der Waals surface area (Å²) in [7, 11) is 0.223. The number of hydrogen-bond donors (Lipinski definition) is 1. The Labute approximate surface area is 153 Å². The molecule has 2 rings (SSSR count). The Hall–Kier alpha value is -2.05. The van der Waals surface area contributed by atoms with E-state index >= 15 is 0 Å². The van der Waals surface area contributed by atoms with Gasteiger partial charge in [-0.25, -0.2) is 24.2 Å². The van der Waals surface area contributed by atoms with E-state index in [0.29, 0.717) is 10.6 Å². The molecule has 1 aromatic heterocycles. The van der Waals surface area contributed by atoms with E-state index in [2.05, 4.69) is 23.8 Å². The summed E-state index contributed by atoms with van der Waals surface area (Å²) in [4.78, 5) is 16.3. The Morgan fingerprint density at radius 1 is 1.28 bits per heavy atom. The number of carbonyl (C=O) groups excluding carboxylic acids is 1. The average molecular weight is 383 g/mol. The molecule has 0 saturated heterocycles. The smallest absolute Gasteiger partial charge is 0.357 e. The van der Waals surface area contributed by atoms with Gasteiger partial charge >= 0.3 is 5.97 Å².